The summed E-state index contributed by atoms with van der Waals surface area (Å²) >= 11 is 1.55. The van der Waals surface area contributed by atoms with Crippen molar-refractivity contribution >= 4 is 17.1 Å². The number of hydrogen-bond acceptors (Lipinski definition) is 3. The van der Waals surface area contributed by atoms with E-state index in [1.54, 1.807) is 17.4 Å². The standard InChI is InChI=1S/C16H18FNOS/c1-10(19)13-6-5-12(17)7-11(13)8-15-18-14(9-20-15)16(2,3)4/h5-7,9H,8H2,1-4H3. The third-order valence-corrected chi connectivity index (χ3v) is 3.96. The van der Waals surface area contributed by atoms with Crippen LogP contribution >= 0.6 is 11.3 Å². The number of aromatic nitrogens is 1. The molecule has 1 aromatic carbocycles. The highest BCUT2D eigenvalue weighted by Crippen LogP contribution is 2.26. The Kier molecular flexibility index (Phi) is 4.04. The van der Waals surface area contributed by atoms with Crippen LogP contribution in [0.5, 0.6) is 0 Å². The number of carbonyl (C=O) groups is 1. The Bertz CT molecular complexity index is 640. The van der Waals surface area contributed by atoms with Gasteiger partial charge in [-0.1, -0.05) is 20.8 Å². The summed E-state index contributed by atoms with van der Waals surface area (Å²) in [7, 11) is 0. The summed E-state index contributed by atoms with van der Waals surface area (Å²) in [6, 6.07) is 4.29. The van der Waals surface area contributed by atoms with Crippen molar-refractivity contribution in [3.63, 3.8) is 0 Å². The van der Waals surface area contributed by atoms with Crippen LogP contribution in [0, 0.1) is 5.82 Å². The lowest BCUT2D eigenvalue weighted by atomic mass is 9.93. The smallest absolute Gasteiger partial charge is 0.160 e. The van der Waals surface area contributed by atoms with Crippen LogP contribution in [0.25, 0.3) is 0 Å². The fraction of sp³-hybridized carbons (Fsp3) is 0.375. The third-order valence-electron chi connectivity index (χ3n) is 3.11. The zero-order chi connectivity index (χ0) is 14.9. The number of halogens is 1. The van der Waals surface area contributed by atoms with E-state index in [4.69, 9.17) is 0 Å². The topological polar surface area (TPSA) is 30.0 Å². The van der Waals surface area contributed by atoms with Gasteiger partial charge in [-0.05, 0) is 30.7 Å². The summed E-state index contributed by atoms with van der Waals surface area (Å²) in [6.45, 7) is 7.82. The first-order valence-electron chi connectivity index (χ1n) is 6.51. The number of rotatable bonds is 3. The van der Waals surface area contributed by atoms with Crippen LogP contribution in [0.4, 0.5) is 4.39 Å². The molecule has 0 bridgehead atoms. The fourth-order valence-electron chi connectivity index (χ4n) is 1.95. The van der Waals surface area contributed by atoms with Crippen LogP contribution in [-0.4, -0.2) is 10.8 Å². The Labute approximate surface area is 122 Å². The lowest BCUT2D eigenvalue weighted by Crippen LogP contribution is -2.11. The van der Waals surface area contributed by atoms with Crippen molar-refractivity contribution in [2.24, 2.45) is 0 Å². The molecule has 0 radical (unpaired) electrons. The second-order valence-corrected chi connectivity index (χ2v) is 6.85. The molecule has 0 N–H and O–H groups in total. The minimum absolute atomic E-state index is 0.0000929. The van der Waals surface area contributed by atoms with E-state index in [-0.39, 0.29) is 17.0 Å². The monoisotopic (exact) mass is 291 g/mol. The molecule has 4 heteroatoms. The lowest BCUT2D eigenvalue weighted by molar-refractivity contribution is 0.101. The molecule has 2 rings (SSSR count). The second kappa shape index (κ2) is 5.44. The van der Waals surface area contributed by atoms with Gasteiger partial charge in [0, 0.05) is 22.8 Å². The second-order valence-electron chi connectivity index (χ2n) is 5.91. The van der Waals surface area contributed by atoms with Crippen LogP contribution in [-0.2, 0) is 11.8 Å². The number of hydrogen-bond donors (Lipinski definition) is 0. The van der Waals surface area contributed by atoms with Crippen LogP contribution in [0.15, 0.2) is 23.6 Å². The van der Waals surface area contributed by atoms with Crippen molar-refractivity contribution < 1.29 is 9.18 Å². The quantitative estimate of drug-likeness (QED) is 0.786. The fourth-order valence-corrected chi connectivity index (χ4v) is 3.00. The Balaban J connectivity index is 2.32. The number of carbonyl (C=O) groups excluding carboxylic acids is 1. The highest BCUT2D eigenvalue weighted by atomic mass is 32.1. The predicted octanol–water partition coefficient (Wildman–Crippen LogP) is 4.37. The molecule has 0 amide bonds. The normalized spacial score (nSPS) is 11.7. The lowest BCUT2D eigenvalue weighted by Gasteiger charge is -2.14. The van der Waals surface area contributed by atoms with Crippen molar-refractivity contribution in [3.8, 4) is 0 Å². The summed E-state index contributed by atoms with van der Waals surface area (Å²) in [4.78, 5) is 16.2. The molecule has 20 heavy (non-hydrogen) atoms. The molecule has 0 saturated heterocycles. The van der Waals surface area contributed by atoms with Gasteiger partial charge >= 0.3 is 0 Å². The summed E-state index contributed by atoms with van der Waals surface area (Å²) in [5, 5.41) is 2.94. The van der Waals surface area contributed by atoms with Gasteiger partial charge in [-0.3, -0.25) is 4.79 Å². The van der Waals surface area contributed by atoms with E-state index in [2.05, 4.69) is 25.8 Å². The SMILES string of the molecule is CC(=O)c1ccc(F)cc1Cc1nc(C(C)(C)C)cs1. The van der Waals surface area contributed by atoms with Crippen molar-refractivity contribution in [1.82, 2.24) is 4.98 Å². The third kappa shape index (κ3) is 3.31. The average molecular weight is 291 g/mol. The summed E-state index contributed by atoms with van der Waals surface area (Å²) < 4.78 is 13.4. The van der Waals surface area contributed by atoms with E-state index in [9.17, 15) is 9.18 Å². The molecular weight excluding hydrogens is 273 g/mol. The van der Waals surface area contributed by atoms with E-state index in [0.717, 1.165) is 10.7 Å². The van der Waals surface area contributed by atoms with E-state index < -0.39 is 0 Å². The van der Waals surface area contributed by atoms with Crippen LogP contribution in [0.2, 0.25) is 0 Å². The van der Waals surface area contributed by atoms with Gasteiger partial charge in [-0.2, -0.15) is 0 Å². The minimum atomic E-state index is -0.322. The molecule has 1 heterocycles. The zero-order valence-corrected chi connectivity index (χ0v) is 13.0. The first kappa shape index (κ1) is 14.9. The number of benzene rings is 1. The molecular formula is C16H18FNOS. The highest BCUT2D eigenvalue weighted by molar-refractivity contribution is 7.09. The largest absolute Gasteiger partial charge is 0.295 e. The van der Waals surface area contributed by atoms with E-state index >= 15 is 0 Å². The molecule has 0 unspecified atom stereocenters. The number of ketones is 1. The molecule has 0 saturated carbocycles. The van der Waals surface area contributed by atoms with Gasteiger partial charge in [-0.15, -0.1) is 11.3 Å². The van der Waals surface area contributed by atoms with E-state index in [0.29, 0.717) is 17.5 Å². The van der Waals surface area contributed by atoms with Gasteiger partial charge in [0.25, 0.3) is 0 Å². The summed E-state index contributed by atoms with van der Waals surface area (Å²) in [5.41, 5.74) is 2.30. The Morgan fingerprint density at radius 3 is 2.60 bits per heavy atom. The van der Waals surface area contributed by atoms with Gasteiger partial charge in [-0.25, -0.2) is 9.37 Å². The molecule has 2 aromatic rings. The van der Waals surface area contributed by atoms with Crippen molar-refractivity contribution in [1.29, 1.82) is 0 Å². The van der Waals surface area contributed by atoms with Gasteiger partial charge in [0.2, 0.25) is 0 Å². The molecule has 0 fully saturated rings. The maximum Gasteiger partial charge on any atom is 0.160 e. The number of thiazole rings is 1. The van der Waals surface area contributed by atoms with E-state index in [1.165, 1.54) is 19.1 Å². The minimum Gasteiger partial charge on any atom is -0.295 e. The number of Topliss-reactive ketones (excluding diaryl/α,β-unsaturated/α-hetero) is 1. The Morgan fingerprint density at radius 2 is 2.05 bits per heavy atom. The Hall–Kier alpha value is -1.55. The van der Waals surface area contributed by atoms with Crippen LogP contribution < -0.4 is 0 Å². The first-order valence-corrected chi connectivity index (χ1v) is 7.39. The van der Waals surface area contributed by atoms with Gasteiger partial charge in [0.15, 0.2) is 5.78 Å². The predicted molar refractivity (Wildman–Crippen MR) is 80.0 cm³/mol. The van der Waals surface area contributed by atoms with Gasteiger partial charge in [0.1, 0.15) is 5.82 Å². The summed E-state index contributed by atoms with van der Waals surface area (Å²) in [5.74, 6) is -0.370. The van der Waals surface area contributed by atoms with Gasteiger partial charge in [0.05, 0.1) is 10.7 Å². The van der Waals surface area contributed by atoms with Crippen LogP contribution in [0.3, 0.4) is 0 Å². The summed E-state index contributed by atoms with van der Waals surface area (Å²) in [6.07, 6.45) is 0.493. The van der Waals surface area contributed by atoms with Crippen molar-refractivity contribution in [2.45, 2.75) is 39.5 Å². The maximum absolute atomic E-state index is 13.4. The van der Waals surface area contributed by atoms with Gasteiger partial charge < -0.3 is 0 Å². The first-order chi connectivity index (χ1) is 9.27. The van der Waals surface area contributed by atoms with Crippen molar-refractivity contribution in [2.75, 3.05) is 0 Å². The molecule has 0 atom stereocenters. The highest BCUT2D eigenvalue weighted by Gasteiger charge is 2.18. The molecule has 0 spiro atoms. The zero-order valence-electron chi connectivity index (χ0n) is 12.2. The molecule has 2 nitrogen and oxygen atoms in total. The molecule has 1 aromatic heterocycles. The molecule has 0 aliphatic heterocycles. The van der Waals surface area contributed by atoms with Crippen LogP contribution in [0.1, 0.15) is 54.3 Å². The molecule has 0 aliphatic carbocycles. The molecule has 0 aliphatic rings. The average Bonchev–Trinajstić information content (AvgIpc) is 2.76. The maximum atomic E-state index is 13.4. The Morgan fingerprint density at radius 1 is 1.35 bits per heavy atom. The van der Waals surface area contributed by atoms with E-state index in [1.807, 2.05) is 5.38 Å². The number of nitrogens with zero attached hydrogens (tertiary/aromatic N) is 1. The molecule has 106 valence electrons. The van der Waals surface area contributed by atoms with Crippen molar-refractivity contribution in [3.05, 3.63) is 51.2 Å².